The van der Waals surface area contributed by atoms with E-state index in [9.17, 15) is 0 Å². The summed E-state index contributed by atoms with van der Waals surface area (Å²) in [6.07, 6.45) is 3.48. The molecule has 1 N–H and O–H groups in total. The Kier molecular flexibility index (Phi) is 2.51. The van der Waals surface area contributed by atoms with Crippen molar-refractivity contribution in [3.63, 3.8) is 0 Å². The number of hydrogen-bond donors (Lipinski definition) is 1. The molecule has 0 fully saturated rings. The maximum Gasteiger partial charge on any atom is 0.0991 e. The quantitative estimate of drug-likeness (QED) is 0.803. The van der Waals surface area contributed by atoms with Crippen LogP contribution in [0.25, 0.3) is 0 Å². The molecule has 74 valence electrons. The predicted octanol–water partition coefficient (Wildman–Crippen LogP) is 2.43. The molecule has 0 saturated heterocycles. The highest BCUT2D eigenvalue weighted by Crippen LogP contribution is 2.22. The number of nitriles is 1. The zero-order chi connectivity index (χ0) is 10.7. The Morgan fingerprint density at radius 3 is 3.00 bits per heavy atom. The first-order valence-electron chi connectivity index (χ1n) is 4.79. The molecule has 15 heavy (non-hydrogen) atoms. The summed E-state index contributed by atoms with van der Waals surface area (Å²) in [6, 6.07) is 9.78. The number of H-pyrrole nitrogens is 1. The fourth-order valence-electron chi connectivity index (χ4n) is 1.56. The van der Waals surface area contributed by atoms with E-state index < -0.39 is 0 Å². The number of nitrogens with zero attached hydrogens (tertiary/aromatic N) is 2. The van der Waals surface area contributed by atoms with Crippen LogP contribution in [-0.4, -0.2) is 9.97 Å². The van der Waals surface area contributed by atoms with Crippen LogP contribution in [0, 0.1) is 11.3 Å². The highest BCUT2D eigenvalue weighted by Gasteiger charge is 2.09. The number of aromatic nitrogens is 2. The lowest BCUT2D eigenvalue weighted by atomic mass is 9.97. The summed E-state index contributed by atoms with van der Waals surface area (Å²) in [4.78, 5) is 7.07. The monoisotopic (exact) mass is 197 g/mol. The van der Waals surface area contributed by atoms with E-state index in [1.807, 2.05) is 30.5 Å². The topological polar surface area (TPSA) is 52.5 Å². The molecule has 1 unspecified atom stereocenters. The molecule has 2 rings (SSSR count). The van der Waals surface area contributed by atoms with Crippen LogP contribution in [-0.2, 0) is 0 Å². The van der Waals surface area contributed by atoms with Crippen molar-refractivity contribution >= 4 is 0 Å². The molecule has 2 aromatic rings. The molecule has 0 bridgehead atoms. The first-order valence-corrected chi connectivity index (χ1v) is 4.79. The Hall–Kier alpha value is -2.08. The van der Waals surface area contributed by atoms with Crippen LogP contribution >= 0.6 is 0 Å². The number of aromatic amines is 1. The lowest BCUT2D eigenvalue weighted by Crippen LogP contribution is -1.96. The molecule has 0 amide bonds. The van der Waals surface area contributed by atoms with E-state index >= 15 is 0 Å². The van der Waals surface area contributed by atoms with Crippen LogP contribution in [0.1, 0.15) is 29.7 Å². The molecule has 0 aliphatic rings. The Bertz CT molecular complexity index is 480. The molecule has 3 nitrogen and oxygen atoms in total. The maximum absolute atomic E-state index is 8.80. The van der Waals surface area contributed by atoms with E-state index in [1.54, 1.807) is 6.33 Å². The van der Waals surface area contributed by atoms with Crippen molar-refractivity contribution in [2.24, 2.45) is 0 Å². The molecule has 0 aliphatic heterocycles. The van der Waals surface area contributed by atoms with Crippen LogP contribution in [0.5, 0.6) is 0 Å². The molecule has 0 aliphatic carbocycles. The Balaban J connectivity index is 2.34. The van der Waals surface area contributed by atoms with Crippen LogP contribution < -0.4 is 0 Å². The van der Waals surface area contributed by atoms with E-state index in [0.29, 0.717) is 5.56 Å². The highest BCUT2D eigenvalue weighted by atomic mass is 14.9. The van der Waals surface area contributed by atoms with E-state index in [1.165, 1.54) is 0 Å². The van der Waals surface area contributed by atoms with Gasteiger partial charge in [-0.3, -0.25) is 0 Å². The molecule has 1 atom stereocenters. The molecule has 1 aromatic heterocycles. The van der Waals surface area contributed by atoms with Gasteiger partial charge in [0.25, 0.3) is 0 Å². The number of rotatable bonds is 2. The second kappa shape index (κ2) is 3.97. The molecular weight excluding hydrogens is 186 g/mol. The van der Waals surface area contributed by atoms with Gasteiger partial charge in [0.05, 0.1) is 18.0 Å². The van der Waals surface area contributed by atoms with Gasteiger partial charge in [0.15, 0.2) is 0 Å². The minimum absolute atomic E-state index is 0.237. The van der Waals surface area contributed by atoms with Crippen LogP contribution in [0.2, 0.25) is 0 Å². The summed E-state index contributed by atoms with van der Waals surface area (Å²) in [5.41, 5.74) is 2.88. The van der Waals surface area contributed by atoms with E-state index in [2.05, 4.69) is 23.0 Å². The molecule has 0 saturated carbocycles. The number of nitrogens with one attached hydrogen (secondary N) is 1. The SMILES string of the molecule is CC(c1cccc(C#N)c1)c1cnc[nH]1. The van der Waals surface area contributed by atoms with Crippen LogP contribution in [0.15, 0.2) is 36.8 Å². The fourth-order valence-corrected chi connectivity index (χ4v) is 1.56. The number of hydrogen-bond acceptors (Lipinski definition) is 2. The Morgan fingerprint density at radius 1 is 1.47 bits per heavy atom. The highest BCUT2D eigenvalue weighted by molar-refractivity contribution is 5.36. The minimum atomic E-state index is 0.237. The van der Waals surface area contributed by atoms with Gasteiger partial charge in [-0.15, -0.1) is 0 Å². The third-order valence-electron chi connectivity index (χ3n) is 2.50. The third-order valence-corrected chi connectivity index (χ3v) is 2.50. The summed E-state index contributed by atoms with van der Waals surface area (Å²) in [5.74, 6) is 0.237. The Morgan fingerprint density at radius 2 is 2.33 bits per heavy atom. The van der Waals surface area contributed by atoms with Gasteiger partial charge in [0, 0.05) is 17.8 Å². The zero-order valence-electron chi connectivity index (χ0n) is 8.44. The van der Waals surface area contributed by atoms with Crippen molar-refractivity contribution in [1.82, 2.24) is 9.97 Å². The van der Waals surface area contributed by atoms with Gasteiger partial charge in [-0.2, -0.15) is 5.26 Å². The molecule has 0 spiro atoms. The van der Waals surface area contributed by atoms with Crippen molar-refractivity contribution < 1.29 is 0 Å². The summed E-state index contributed by atoms with van der Waals surface area (Å²) < 4.78 is 0. The van der Waals surface area contributed by atoms with Crippen molar-refractivity contribution in [3.8, 4) is 6.07 Å². The van der Waals surface area contributed by atoms with Crippen molar-refractivity contribution in [2.45, 2.75) is 12.8 Å². The van der Waals surface area contributed by atoms with Gasteiger partial charge in [-0.25, -0.2) is 4.98 Å². The standard InChI is InChI=1S/C12H11N3/c1-9(12-7-14-8-15-12)11-4-2-3-10(5-11)6-13/h2-5,7-9H,1H3,(H,14,15). The van der Waals surface area contributed by atoms with Gasteiger partial charge in [0.1, 0.15) is 0 Å². The summed E-state index contributed by atoms with van der Waals surface area (Å²) >= 11 is 0. The second-order valence-electron chi connectivity index (χ2n) is 3.47. The summed E-state index contributed by atoms with van der Waals surface area (Å²) in [7, 11) is 0. The molecule has 1 aromatic carbocycles. The van der Waals surface area contributed by atoms with Crippen molar-refractivity contribution in [2.75, 3.05) is 0 Å². The lowest BCUT2D eigenvalue weighted by molar-refractivity contribution is 0.882. The van der Waals surface area contributed by atoms with E-state index in [4.69, 9.17) is 5.26 Å². The van der Waals surface area contributed by atoms with Crippen molar-refractivity contribution in [3.05, 3.63) is 53.6 Å². The average Bonchev–Trinajstić information content (AvgIpc) is 2.81. The smallest absolute Gasteiger partial charge is 0.0991 e. The van der Waals surface area contributed by atoms with E-state index in [0.717, 1.165) is 11.3 Å². The largest absolute Gasteiger partial charge is 0.348 e. The molecule has 0 radical (unpaired) electrons. The number of benzene rings is 1. The van der Waals surface area contributed by atoms with Gasteiger partial charge in [0.2, 0.25) is 0 Å². The summed E-state index contributed by atoms with van der Waals surface area (Å²) in [5, 5.41) is 8.80. The summed E-state index contributed by atoms with van der Waals surface area (Å²) in [6.45, 7) is 2.09. The lowest BCUT2D eigenvalue weighted by Gasteiger charge is -2.09. The average molecular weight is 197 g/mol. The zero-order valence-corrected chi connectivity index (χ0v) is 8.44. The van der Waals surface area contributed by atoms with Crippen LogP contribution in [0.3, 0.4) is 0 Å². The van der Waals surface area contributed by atoms with Crippen molar-refractivity contribution in [1.29, 1.82) is 5.26 Å². The molecular formula is C12H11N3. The molecule has 3 heteroatoms. The third kappa shape index (κ3) is 1.89. The normalized spacial score (nSPS) is 12.0. The molecule has 1 heterocycles. The predicted molar refractivity (Wildman–Crippen MR) is 57.3 cm³/mol. The van der Waals surface area contributed by atoms with Gasteiger partial charge < -0.3 is 4.98 Å². The number of imidazole rings is 1. The van der Waals surface area contributed by atoms with Gasteiger partial charge in [-0.1, -0.05) is 19.1 Å². The van der Waals surface area contributed by atoms with Crippen LogP contribution in [0.4, 0.5) is 0 Å². The minimum Gasteiger partial charge on any atom is -0.348 e. The first kappa shape index (κ1) is 9.47. The van der Waals surface area contributed by atoms with Gasteiger partial charge >= 0.3 is 0 Å². The fraction of sp³-hybridized carbons (Fsp3) is 0.167. The van der Waals surface area contributed by atoms with Gasteiger partial charge in [-0.05, 0) is 17.7 Å². The second-order valence-corrected chi connectivity index (χ2v) is 3.47. The van der Waals surface area contributed by atoms with E-state index in [-0.39, 0.29) is 5.92 Å². The first-order chi connectivity index (χ1) is 7.31. The Labute approximate surface area is 88.4 Å². The maximum atomic E-state index is 8.80.